The lowest BCUT2D eigenvalue weighted by atomic mass is 10.0. The number of pyridine rings is 1. The number of aryl methyl sites for hydroxylation is 3. The largest absolute Gasteiger partial charge is 0.465 e. The van der Waals surface area contributed by atoms with Gasteiger partial charge in [-0.1, -0.05) is 6.07 Å². The molecule has 0 unspecified atom stereocenters. The minimum Gasteiger partial charge on any atom is -0.465 e. The van der Waals surface area contributed by atoms with Crippen molar-refractivity contribution in [2.45, 2.75) is 27.3 Å². The van der Waals surface area contributed by atoms with Crippen LogP contribution >= 0.6 is 0 Å². The summed E-state index contributed by atoms with van der Waals surface area (Å²) in [7, 11) is 1.42. The number of carbonyl (C=O) groups excluding carboxylic acids is 1. The van der Waals surface area contributed by atoms with Crippen molar-refractivity contribution in [1.29, 1.82) is 0 Å². The van der Waals surface area contributed by atoms with Crippen LogP contribution in [0.2, 0.25) is 0 Å². The van der Waals surface area contributed by atoms with Crippen LogP contribution in [0.4, 0.5) is 0 Å². The number of nitrogens with zero attached hydrogens (tertiary/aromatic N) is 1. The first-order chi connectivity index (χ1) is 8.08. The predicted octanol–water partition coefficient (Wildman–Crippen LogP) is 3.02. The molecule has 0 saturated carbocycles. The second-order valence-corrected chi connectivity index (χ2v) is 4.29. The van der Waals surface area contributed by atoms with Crippen molar-refractivity contribution in [2.75, 3.05) is 7.11 Å². The average molecular weight is 231 g/mol. The Hall–Kier alpha value is -1.77. The van der Waals surface area contributed by atoms with Crippen LogP contribution in [0.1, 0.15) is 28.4 Å². The molecule has 0 aromatic carbocycles. The van der Waals surface area contributed by atoms with E-state index in [1.807, 2.05) is 17.7 Å². The van der Waals surface area contributed by atoms with Gasteiger partial charge in [0.1, 0.15) is 0 Å². The minimum absolute atomic E-state index is 0.272. The fourth-order valence-corrected chi connectivity index (χ4v) is 2.29. The van der Waals surface area contributed by atoms with E-state index < -0.39 is 0 Å². The van der Waals surface area contributed by atoms with Gasteiger partial charge < -0.3 is 9.30 Å². The van der Waals surface area contributed by atoms with Crippen molar-refractivity contribution in [3.05, 3.63) is 35.2 Å². The molecule has 0 aromatic heterocycles. The molecule has 17 heavy (non-hydrogen) atoms. The van der Waals surface area contributed by atoms with Crippen LogP contribution in [0.5, 0.6) is 0 Å². The first-order valence-electron chi connectivity index (χ1n) is 5.76. The highest BCUT2D eigenvalue weighted by Gasteiger charge is 2.21. The zero-order valence-corrected chi connectivity index (χ0v) is 10.7. The van der Waals surface area contributed by atoms with Gasteiger partial charge in [0.25, 0.3) is 0 Å². The van der Waals surface area contributed by atoms with Gasteiger partial charge in [-0.2, -0.15) is 0 Å². The Morgan fingerprint density at radius 3 is 2.59 bits per heavy atom. The maximum Gasteiger partial charge on any atom is 0.339 e. The van der Waals surface area contributed by atoms with Crippen LogP contribution in [0.25, 0.3) is 11.1 Å². The van der Waals surface area contributed by atoms with Gasteiger partial charge in [0.2, 0.25) is 0 Å². The number of methoxy groups -OCH3 is 1. The summed E-state index contributed by atoms with van der Waals surface area (Å²) >= 11 is 0. The molecule has 1 aliphatic carbocycles. The van der Waals surface area contributed by atoms with Gasteiger partial charge >= 0.3 is 5.97 Å². The van der Waals surface area contributed by atoms with Crippen molar-refractivity contribution in [1.82, 2.24) is 4.57 Å². The Bertz CT molecular complexity index is 540. The highest BCUT2D eigenvalue weighted by atomic mass is 16.5. The number of hydrogen-bond donors (Lipinski definition) is 0. The second kappa shape index (κ2) is 4.24. The van der Waals surface area contributed by atoms with Crippen LogP contribution in [0.3, 0.4) is 0 Å². The van der Waals surface area contributed by atoms with E-state index in [1.165, 1.54) is 12.7 Å². The summed E-state index contributed by atoms with van der Waals surface area (Å²) in [6.07, 6.45) is 3.95. The summed E-state index contributed by atoms with van der Waals surface area (Å²) in [6, 6.07) is 2.11. The lowest BCUT2D eigenvalue weighted by molar-refractivity contribution is 0.0600. The normalized spacial score (nSPS) is 10.8. The van der Waals surface area contributed by atoms with Crippen LogP contribution in [-0.2, 0) is 11.3 Å². The maximum absolute atomic E-state index is 11.8. The van der Waals surface area contributed by atoms with Crippen molar-refractivity contribution >= 4 is 5.97 Å². The van der Waals surface area contributed by atoms with E-state index >= 15 is 0 Å². The Balaban J connectivity index is 2.75. The molecular formula is C14H17NO2. The van der Waals surface area contributed by atoms with Crippen LogP contribution in [0.15, 0.2) is 18.5 Å². The molecule has 0 saturated heterocycles. The lowest BCUT2D eigenvalue weighted by Crippen LogP contribution is -2.09. The topological polar surface area (TPSA) is 31.2 Å². The van der Waals surface area contributed by atoms with Crippen LogP contribution in [-0.4, -0.2) is 17.6 Å². The Morgan fingerprint density at radius 2 is 2.00 bits per heavy atom. The molecule has 0 amide bonds. The minimum atomic E-state index is -0.272. The van der Waals surface area contributed by atoms with E-state index in [2.05, 4.69) is 26.1 Å². The number of fused-ring (bicyclic) bond motifs is 1. The summed E-state index contributed by atoms with van der Waals surface area (Å²) in [6.45, 7) is 6.98. The highest BCUT2D eigenvalue weighted by Crippen LogP contribution is 2.34. The fraction of sp³-hybridized carbons (Fsp3) is 0.357. The standard InChI is InChI=1S/C14H17NO2/c1-5-15-7-11-9(2)6-10(3)13(11)12(8-15)14(16)17-4/h6-8H,5H2,1-4H3. The molecule has 3 heteroatoms. The third-order valence-corrected chi connectivity index (χ3v) is 3.15. The summed E-state index contributed by atoms with van der Waals surface area (Å²) in [5.74, 6) is -0.272. The molecule has 90 valence electrons. The zero-order chi connectivity index (χ0) is 12.6. The Labute approximate surface area is 101 Å². The van der Waals surface area contributed by atoms with Gasteiger partial charge in [0, 0.05) is 30.1 Å². The van der Waals surface area contributed by atoms with E-state index in [9.17, 15) is 4.79 Å². The highest BCUT2D eigenvalue weighted by molar-refractivity contribution is 5.99. The van der Waals surface area contributed by atoms with E-state index in [4.69, 9.17) is 4.74 Å². The summed E-state index contributed by atoms with van der Waals surface area (Å²) in [5, 5.41) is 0. The molecule has 1 heterocycles. The van der Waals surface area contributed by atoms with Crippen molar-refractivity contribution in [3.63, 3.8) is 0 Å². The number of aromatic nitrogens is 1. The van der Waals surface area contributed by atoms with Gasteiger partial charge in [0.05, 0.1) is 12.7 Å². The number of carbonyl (C=O) groups is 1. The SMILES string of the molecule is CCn1cc(C(=O)OC)c2c(C)cc(C)c-2c1. The van der Waals surface area contributed by atoms with E-state index in [1.54, 1.807) is 0 Å². The van der Waals surface area contributed by atoms with E-state index in [-0.39, 0.29) is 5.97 Å². The van der Waals surface area contributed by atoms with Gasteiger partial charge in [-0.25, -0.2) is 4.79 Å². The molecule has 2 rings (SSSR count). The van der Waals surface area contributed by atoms with Gasteiger partial charge in [-0.15, -0.1) is 0 Å². The molecule has 1 aliphatic heterocycles. The molecule has 3 nitrogen and oxygen atoms in total. The smallest absolute Gasteiger partial charge is 0.339 e. The van der Waals surface area contributed by atoms with E-state index in [0.717, 1.165) is 23.2 Å². The second-order valence-electron chi connectivity index (χ2n) is 4.29. The first kappa shape index (κ1) is 11.7. The molecule has 2 aliphatic rings. The van der Waals surface area contributed by atoms with Gasteiger partial charge in [0.15, 0.2) is 0 Å². The molecule has 0 radical (unpaired) electrons. The molecule has 0 fully saturated rings. The number of ether oxygens (including phenoxy) is 1. The molecule has 0 N–H and O–H groups in total. The third-order valence-electron chi connectivity index (χ3n) is 3.15. The van der Waals surface area contributed by atoms with Gasteiger partial charge in [-0.3, -0.25) is 0 Å². The average Bonchev–Trinajstić information content (AvgIpc) is 2.63. The van der Waals surface area contributed by atoms with Crippen LogP contribution < -0.4 is 0 Å². The molecular weight excluding hydrogens is 214 g/mol. The van der Waals surface area contributed by atoms with Crippen molar-refractivity contribution in [3.8, 4) is 11.1 Å². The maximum atomic E-state index is 11.8. The zero-order valence-electron chi connectivity index (χ0n) is 10.7. The number of hydrogen-bond acceptors (Lipinski definition) is 2. The molecule has 0 atom stereocenters. The predicted molar refractivity (Wildman–Crippen MR) is 67.5 cm³/mol. The van der Waals surface area contributed by atoms with E-state index in [0.29, 0.717) is 5.56 Å². The molecule has 0 aromatic rings. The Kier molecular flexibility index (Phi) is 2.92. The summed E-state index contributed by atoms with van der Waals surface area (Å²) in [4.78, 5) is 11.8. The van der Waals surface area contributed by atoms with Crippen molar-refractivity contribution < 1.29 is 9.53 Å². The monoisotopic (exact) mass is 231 g/mol. The number of rotatable bonds is 2. The number of esters is 1. The third kappa shape index (κ3) is 1.82. The first-order valence-corrected chi connectivity index (χ1v) is 5.76. The lowest BCUT2D eigenvalue weighted by Gasteiger charge is -2.13. The Morgan fingerprint density at radius 1 is 1.29 bits per heavy atom. The quantitative estimate of drug-likeness (QED) is 0.744. The molecule has 0 bridgehead atoms. The van der Waals surface area contributed by atoms with Gasteiger partial charge in [-0.05, 0) is 31.9 Å². The summed E-state index contributed by atoms with van der Waals surface area (Å²) < 4.78 is 6.87. The fourth-order valence-electron chi connectivity index (χ4n) is 2.29. The van der Waals surface area contributed by atoms with Crippen LogP contribution in [0, 0.1) is 13.8 Å². The summed E-state index contributed by atoms with van der Waals surface area (Å²) in [5.41, 5.74) is 5.12. The molecule has 0 spiro atoms. The van der Waals surface area contributed by atoms with Crippen molar-refractivity contribution in [2.24, 2.45) is 0 Å².